The molecule has 0 amide bonds. The predicted molar refractivity (Wildman–Crippen MR) is 80.9 cm³/mol. The molecule has 2 rings (SSSR count). The Hall–Kier alpha value is -0.200. The monoisotopic (exact) mass is 285 g/mol. The minimum Gasteiger partial charge on any atom is -0.377 e. The molecule has 0 radical (unpaired) electrons. The molecule has 0 aliphatic carbocycles. The fourth-order valence-electron chi connectivity index (χ4n) is 3.78. The highest BCUT2D eigenvalue weighted by Gasteiger charge is 2.44. The number of methoxy groups -OCH3 is 2. The lowest BCUT2D eigenvalue weighted by molar-refractivity contribution is -0.00461. The summed E-state index contributed by atoms with van der Waals surface area (Å²) in [5.74, 6) is 0. The second kappa shape index (κ2) is 7.18. The van der Waals surface area contributed by atoms with E-state index in [1.165, 1.54) is 19.4 Å². The van der Waals surface area contributed by atoms with Gasteiger partial charge in [-0.2, -0.15) is 0 Å². The minimum absolute atomic E-state index is 0.133. The Morgan fingerprint density at radius 3 is 2.25 bits per heavy atom. The zero-order valence-corrected chi connectivity index (χ0v) is 13.3. The van der Waals surface area contributed by atoms with Crippen LogP contribution >= 0.6 is 0 Å². The predicted octanol–water partition coefficient (Wildman–Crippen LogP) is 0.535. The molecule has 0 saturated carbocycles. The normalized spacial score (nSPS) is 37.2. The zero-order valence-electron chi connectivity index (χ0n) is 13.3. The van der Waals surface area contributed by atoms with E-state index in [4.69, 9.17) is 15.2 Å². The Bertz CT molecular complexity index is 291. The number of nitrogens with zero attached hydrogens (tertiary/aromatic N) is 2. The molecule has 5 heteroatoms. The standard InChI is InChI=1S/C15H31N3O2/c1-4-17-8-5-6-15(12-16,7-9-17)18-10-13(19-2)14(11-18)20-3/h13-14H,4-12,16H2,1-3H3. The minimum atomic E-state index is 0.133. The maximum absolute atomic E-state index is 6.21. The molecule has 0 aromatic rings. The third kappa shape index (κ3) is 3.17. The molecule has 3 unspecified atom stereocenters. The van der Waals surface area contributed by atoms with E-state index >= 15 is 0 Å². The summed E-state index contributed by atoms with van der Waals surface area (Å²) in [6, 6.07) is 0. The van der Waals surface area contributed by atoms with E-state index < -0.39 is 0 Å². The quantitative estimate of drug-likeness (QED) is 0.799. The second-order valence-corrected chi connectivity index (χ2v) is 6.17. The lowest BCUT2D eigenvalue weighted by Gasteiger charge is -2.41. The summed E-state index contributed by atoms with van der Waals surface area (Å²) in [4.78, 5) is 5.07. The van der Waals surface area contributed by atoms with Crippen molar-refractivity contribution in [2.45, 2.75) is 43.9 Å². The van der Waals surface area contributed by atoms with Gasteiger partial charge >= 0.3 is 0 Å². The molecule has 3 atom stereocenters. The van der Waals surface area contributed by atoms with E-state index in [2.05, 4.69) is 16.7 Å². The molecule has 20 heavy (non-hydrogen) atoms. The van der Waals surface area contributed by atoms with Crippen molar-refractivity contribution in [3.8, 4) is 0 Å². The van der Waals surface area contributed by atoms with Crippen LogP contribution in [0.1, 0.15) is 26.2 Å². The largest absolute Gasteiger partial charge is 0.377 e. The van der Waals surface area contributed by atoms with E-state index in [0.29, 0.717) is 0 Å². The third-order valence-electron chi connectivity index (χ3n) is 5.33. The zero-order chi connectivity index (χ0) is 14.6. The van der Waals surface area contributed by atoms with Crippen LogP contribution in [0.4, 0.5) is 0 Å². The van der Waals surface area contributed by atoms with Crippen molar-refractivity contribution < 1.29 is 9.47 Å². The van der Waals surface area contributed by atoms with Crippen molar-refractivity contribution in [3.05, 3.63) is 0 Å². The lowest BCUT2D eigenvalue weighted by Crippen LogP contribution is -2.54. The highest BCUT2D eigenvalue weighted by Crippen LogP contribution is 2.32. The van der Waals surface area contributed by atoms with E-state index in [1.807, 2.05) is 0 Å². The van der Waals surface area contributed by atoms with Crippen LogP contribution in [0.5, 0.6) is 0 Å². The van der Waals surface area contributed by atoms with Gasteiger partial charge in [0.1, 0.15) is 0 Å². The SMILES string of the molecule is CCN1CCCC(CN)(N2CC(OC)C(OC)C2)CC1. The topological polar surface area (TPSA) is 51.0 Å². The number of ether oxygens (including phenoxy) is 2. The number of hydrogen-bond donors (Lipinski definition) is 1. The van der Waals surface area contributed by atoms with Crippen molar-refractivity contribution in [1.82, 2.24) is 9.80 Å². The van der Waals surface area contributed by atoms with E-state index in [0.717, 1.165) is 39.1 Å². The fraction of sp³-hybridized carbons (Fsp3) is 1.00. The molecule has 2 N–H and O–H groups in total. The van der Waals surface area contributed by atoms with Crippen LogP contribution < -0.4 is 5.73 Å². The molecule has 2 aliphatic rings. The van der Waals surface area contributed by atoms with Crippen LogP contribution in [-0.4, -0.2) is 81.0 Å². The van der Waals surface area contributed by atoms with E-state index in [9.17, 15) is 0 Å². The molecule has 0 aromatic heterocycles. The van der Waals surface area contributed by atoms with Gasteiger partial charge in [0.15, 0.2) is 0 Å². The molecule has 2 aliphatic heterocycles. The number of likely N-dealkylation sites (tertiary alicyclic amines) is 2. The second-order valence-electron chi connectivity index (χ2n) is 6.17. The van der Waals surface area contributed by atoms with Crippen molar-refractivity contribution >= 4 is 0 Å². The van der Waals surface area contributed by atoms with Crippen LogP contribution in [0.15, 0.2) is 0 Å². The number of nitrogens with two attached hydrogens (primary N) is 1. The van der Waals surface area contributed by atoms with E-state index in [1.54, 1.807) is 14.2 Å². The Labute approximate surface area is 123 Å². The highest BCUT2D eigenvalue weighted by molar-refractivity contribution is 5.00. The molecule has 0 bridgehead atoms. The first-order chi connectivity index (χ1) is 9.69. The first-order valence-corrected chi connectivity index (χ1v) is 7.92. The van der Waals surface area contributed by atoms with Gasteiger partial charge in [0, 0.05) is 39.4 Å². The van der Waals surface area contributed by atoms with Gasteiger partial charge in [-0.05, 0) is 38.9 Å². The Morgan fingerprint density at radius 1 is 1.10 bits per heavy atom. The van der Waals surface area contributed by atoms with Crippen molar-refractivity contribution in [2.24, 2.45) is 5.73 Å². The third-order valence-corrected chi connectivity index (χ3v) is 5.33. The number of rotatable bonds is 5. The van der Waals surface area contributed by atoms with Crippen LogP contribution in [0.25, 0.3) is 0 Å². The summed E-state index contributed by atoms with van der Waals surface area (Å²) in [6.07, 6.45) is 3.93. The Morgan fingerprint density at radius 2 is 1.75 bits per heavy atom. The van der Waals surface area contributed by atoms with Gasteiger partial charge in [0.25, 0.3) is 0 Å². The summed E-state index contributed by atoms with van der Waals surface area (Å²) >= 11 is 0. The molecule has 2 heterocycles. The average molecular weight is 285 g/mol. The van der Waals surface area contributed by atoms with Gasteiger partial charge in [0.05, 0.1) is 12.2 Å². The van der Waals surface area contributed by atoms with Crippen molar-refractivity contribution in [1.29, 1.82) is 0 Å². The van der Waals surface area contributed by atoms with Crippen LogP contribution in [0.2, 0.25) is 0 Å². The molecule has 0 aromatic carbocycles. The maximum atomic E-state index is 6.21. The molecule has 2 fully saturated rings. The Balaban J connectivity index is 2.07. The van der Waals surface area contributed by atoms with Gasteiger partial charge in [-0.1, -0.05) is 6.92 Å². The molecule has 0 spiro atoms. The smallest absolute Gasteiger partial charge is 0.0972 e. The molecular weight excluding hydrogens is 254 g/mol. The van der Waals surface area contributed by atoms with Gasteiger partial charge < -0.3 is 20.1 Å². The summed E-state index contributed by atoms with van der Waals surface area (Å²) in [5.41, 5.74) is 6.34. The molecule has 5 nitrogen and oxygen atoms in total. The molecule has 118 valence electrons. The summed E-state index contributed by atoms with van der Waals surface area (Å²) in [5, 5.41) is 0. The lowest BCUT2D eigenvalue weighted by atomic mass is 9.88. The first-order valence-electron chi connectivity index (χ1n) is 7.92. The van der Waals surface area contributed by atoms with Gasteiger partial charge in [0.2, 0.25) is 0 Å². The summed E-state index contributed by atoms with van der Waals surface area (Å²) in [7, 11) is 3.56. The molecular formula is C15H31N3O2. The van der Waals surface area contributed by atoms with Gasteiger partial charge in [-0.25, -0.2) is 0 Å². The van der Waals surface area contributed by atoms with Crippen LogP contribution in [0, 0.1) is 0 Å². The first kappa shape index (κ1) is 16.2. The van der Waals surface area contributed by atoms with Crippen molar-refractivity contribution in [2.75, 3.05) is 53.5 Å². The van der Waals surface area contributed by atoms with E-state index in [-0.39, 0.29) is 17.7 Å². The van der Waals surface area contributed by atoms with Gasteiger partial charge in [-0.15, -0.1) is 0 Å². The van der Waals surface area contributed by atoms with Crippen LogP contribution in [0.3, 0.4) is 0 Å². The van der Waals surface area contributed by atoms with Crippen LogP contribution in [-0.2, 0) is 9.47 Å². The summed E-state index contributed by atoms with van der Waals surface area (Å²) in [6.45, 7) is 8.36. The van der Waals surface area contributed by atoms with Gasteiger partial charge in [-0.3, -0.25) is 4.90 Å². The fourth-order valence-corrected chi connectivity index (χ4v) is 3.78. The molecule has 2 saturated heterocycles. The average Bonchev–Trinajstić information content (AvgIpc) is 2.80. The van der Waals surface area contributed by atoms with Crippen molar-refractivity contribution in [3.63, 3.8) is 0 Å². The Kier molecular flexibility index (Phi) is 5.81. The highest BCUT2D eigenvalue weighted by atomic mass is 16.5. The number of hydrogen-bond acceptors (Lipinski definition) is 5. The maximum Gasteiger partial charge on any atom is 0.0972 e. The summed E-state index contributed by atoms with van der Waals surface area (Å²) < 4.78 is 11.2.